The lowest BCUT2D eigenvalue weighted by atomic mass is 10.1. The number of halogens is 1. The van der Waals surface area contributed by atoms with Crippen LogP contribution in [-0.2, 0) is 6.42 Å². The minimum Gasteiger partial charge on any atom is -0.496 e. The van der Waals surface area contributed by atoms with Crippen molar-refractivity contribution in [1.29, 1.82) is 0 Å². The minimum absolute atomic E-state index is 0.0846. The maximum absolute atomic E-state index is 13.2. The fraction of sp³-hybridized carbons (Fsp3) is 0.278. The smallest absolute Gasteiger partial charge is 0.266 e. The Morgan fingerprint density at radius 1 is 1.17 bits per heavy atom. The number of hydrogen-bond acceptors (Lipinski definition) is 3. The van der Waals surface area contributed by atoms with Gasteiger partial charge in [-0.15, -0.1) is 0 Å². The van der Waals surface area contributed by atoms with E-state index in [1.165, 1.54) is 0 Å². The summed E-state index contributed by atoms with van der Waals surface area (Å²) in [6.45, 7) is 2.05. The van der Waals surface area contributed by atoms with Gasteiger partial charge in [0.15, 0.2) is 0 Å². The molecular weight excluding hydrogens is 358 g/mol. The monoisotopic (exact) mass is 375 g/mol. The molecule has 0 unspecified atom stereocenters. The summed E-state index contributed by atoms with van der Waals surface area (Å²) >= 11 is 3.49. The molecule has 0 radical (unpaired) electrons. The third-order valence-electron chi connectivity index (χ3n) is 4.12. The van der Waals surface area contributed by atoms with Gasteiger partial charge < -0.3 is 14.4 Å². The van der Waals surface area contributed by atoms with Crippen molar-refractivity contribution >= 4 is 27.5 Å². The van der Waals surface area contributed by atoms with Gasteiger partial charge in [-0.3, -0.25) is 4.79 Å². The predicted molar refractivity (Wildman–Crippen MR) is 93.7 cm³/mol. The molecule has 0 bridgehead atoms. The Morgan fingerprint density at radius 2 is 1.83 bits per heavy atom. The Morgan fingerprint density at radius 3 is 2.43 bits per heavy atom. The van der Waals surface area contributed by atoms with Crippen LogP contribution < -0.4 is 14.4 Å². The third-order valence-corrected chi connectivity index (χ3v) is 4.61. The van der Waals surface area contributed by atoms with Gasteiger partial charge in [0.2, 0.25) is 0 Å². The molecule has 0 saturated heterocycles. The van der Waals surface area contributed by atoms with E-state index in [1.807, 2.05) is 30.0 Å². The normalized spacial score (nSPS) is 16.2. The summed E-state index contributed by atoms with van der Waals surface area (Å²) in [6.07, 6.45) is 0.831. The summed E-state index contributed by atoms with van der Waals surface area (Å²) in [5.74, 6) is 0.937. The molecular formula is C18H18BrNO3. The summed E-state index contributed by atoms with van der Waals surface area (Å²) < 4.78 is 11.8. The summed E-state index contributed by atoms with van der Waals surface area (Å²) in [6, 6.07) is 11.4. The zero-order valence-electron chi connectivity index (χ0n) is 13.3. The molecule has 1 heterocycles. The van der Waals surface area contributed by atoms with Gasteiger partial charge in [-0.05, 0) is 49.2 Å². The molecule has 5 heteroatoms. The van der Waals surface area contributed by atoms with Crippen LogP contribution in [0, 0.1) is 0 Å². The van der Waals surface area contributed by atoms with Gasteiger partial charge in [-0.1, -0.05) is 22.0 Å². The van der Waals surface area contributed by atoms with Crippen LogP contribution in [0.15, 0.2) is 40.9 Å². The van der Waals surface area contributed by atoms with Crippen molar-refractivity contribution < 1.29 is 14.3 Å². The van der Waals surface area contributed by atoms with Crippen LogP contribution in [0.2, 0.25) is 0 Å². The van der Waals surface area contributed by atoms with Crippen LogP contribution in [0.1, 0.15) is 22.8 Å². The number of nitrogens with zero attached hydrogens (tertiary/aromatic N) is 1. The summed E-state index contributed by atoms with van der Waals surface area (Å²) in [5.41, 5.74) is 2.56. The molecule has 1 aliphatic heterocycles. The molecule has 2 aromatic carbocycles. The van der Waals surface area contributed by atoms with E-state index in [1.54, 1.807) is 26.4 Å². The van der Waals surface area contributed by atoms with Crippen molar-refractivity contribution in [3.8, 4) is 11.5 Å². The molecule has 3 rings (SSSR count). The maximum atomic E-state index is 13.2. The van der Waals surface area contributed by atoms with Gasteiger partial charge in [-0.25, -0.2) is 0 Å². The quantitative estimate of drug-likeness (QED) is 0.811. The Hall–Kier alpha value is -2.01. The molecule has 1 amide bonds. The number of ether oxygens (including phenoxy) is 2. The second-order valence-electron chi connectivity index (χ2n) is 5.54. The van der Waals surface area contributed by atoms with Gasteiger partial charge in [0, 0.05) is 16.2 Å². The first-order valence-corrected chi connectivity index (χ1v) is 8.19. The third kappa shape index (κ3) is 2.70. The molecule has 0 N–H and O–H groups in total. The lowest BCUT2D eigenvalue weighted by Crippen LogP contribution is -2.36. The van der Waals surface area contributed by atoms with E-state index in [-0.39, 0.29) is 11.9 Å². The van der Waals surface area contributed by atoms with Crippen molar-refractivity contribution in [2.75, 3.05) is 19.1 Å². The van der Waals surface area contributed by atoms with E-state index < -0.39 is 0 Å². The molecule has 1 aliphatic rings. The second-order valence-corrected chi connectivity index (χ2v) is 6.45. The topological polar surface area (TPSA) is 38.8 Å². The fourth-order valence-electron chi connectivity index (χ4n) is 3.09. The first-order chi connectivity index (χ1) is 11.1. The van der Waals surface area contributed by atoms with Crippen molar-refractivity contribution in [2.24, 2.45) is 0 Å². The number of hydrogen-bond donors (Lipinski definition) is 0. The lowest BCUT2D eigenvalue weighted by Gasteiger charge is -2.24. The van der Waals surface area contributed by atoms with Gasteiger partial charge in [-0.2, -0.15) is 0 Å². The number of anilines is 1. The Kier molecular flexibility index (Phi) is 4.31. The van der Waals surface area contributed by atoms with Crippen LogP contribution in [0.3, 0.4) is 0 Å². The number of methoxy groups -OCH3 is 2. The van der Waals surface area contributed by atoms with Crippen LogP contribution in [0.4, 0.5) is 5.69 Å². The maximum Gasteiger partial charge on any atom is 0.266 e. The highest BCUT2D eigenvalue weighted by atomic mass is 79.9. The Bertz CT molecular complexity index is 738. The highest BCUT2D eigenvalue weighted by Crippen LogP contribution is 2.38. The van der Waals surface area contributed by atoms with Gasteiger partial charge in [0.05, 0.1) is 14.2 Å². The van der Waals surface area contributed by atoms with Crippen LogP contribution in [0.5, 0.6) is 11.5 Å². The standard InChI is InChI=1S/C18H18BrNO3/c1-11-9-12-10-13(19)7-8-14(12)20(11)18(21)17-15(22-2)5-4-6-16(17)23-3/h4-8,10-11H,9H2,1-3H3/t11-/m0/s1. The van der Waals surface area contributed by atoms with Crippen molar-refractivity contribution in [2.45, 2.75) is 19.4 Å². The fourth-order valence-corrected chi connectivity index (χ4v) is 3.50. The number of carbonyl (C=O) groups excluding carboxylic acids is 1. The number of amides is 1. The summed E-state index contributed by atoms with van der Waals surface area (Å²) in [7, 11) is 3.12. The Labute approximate surface area is 144 Å². The van der Waals surface area contributed by atoms with Gasteiger partial charge in [0.25, 0.3) is 5.91 Å². The van der Waals surface area contributed by atoms with Gasteiger partial charge >= 0.3 is 0 Å². The first kappa shape index (κ1) is 15.9. The number of rotatable bonds is 3. The molecule has 0 saturated carbocycles. The SMILES string of the molecule is COc1cccc(OC)c1C(=O)N1c2ccc(Br)cc2C[C@@H]1C. The summed E-state index contributed by atoms with van der Waals surface area (Å²) in [4.78, 5) is 15.0. The molecule has 1 atom stereocenters. The van der Waals surface area contributed by atoms with E-state index in [0.717, 1.165) is 22.1 Å². The van der Waals surface area contributed by atoms with E-state index in [9.17, 15) is 4.79 Å². The van der Waals surface area contributed by atoms with Crippen LogP contribution in [0.25, 0.3) is 0 Å². The zero-order chi connectivity index (χ0) is 16.6. The Balaban J connectivity index is 2.09. The first-order valence-electron chi connectivity index (χ1n) is 7.39. The van der Waals surface area contributed by atoms with E-state index >= 15 is 0 Å². The largest absolute Gasteiger partial charge is 0.496 e. The molecule has 0 aliphatic carbocycles. The van der Waals surface area contributed by atoms with Crippen molar-refractivity contribution in [3.05, 3.63) is 52.0 Å². The minimum atomic E-state index is -0.104. The predicted octanol–water partition coefficient (Wildman–Crippen LogP) is 4.06. The molecule has 0 spiro atoms. The molecule has 2 aromatic rings. The van der Waals surface area contributed by atoms with Crippen molar-refractivity contribution in [1.82, 2.24) is 0 Å². The van der Waals surface area contributed by atoms with Gasteiger partial charge in [0.1, 0.15) is 17.1 Å². The number of benzene rings is 2. The lowest BCUT2D eigenvalue weighted by molar-refractivity contribution is 0.0975. The van der Waals surface area contributed by atoms with Crippen LogP contribution >= 0.6 is 15.9 Å². The molecule has 4 nitrogen and oxygen atoms in total. The zero-order valence-corrected chi connectivity index (χ0v) is 14.9. The van der Waals surface area contributed by atoms with E-state index in [4.69, 9.17) is 9.47 Å². The van der Waals surface area contributed by atoms with Crippen LogP contribution in [-0.4, -0.2) is 26.2 Å². The number of fused-ring (bicyclic) bond motifs is 1. The molecule has 120 valence electrons. The molecule has 23 heavy (non-hydrogen) atoms. The average Bonchev–Trinajstić information content (AvgIpc) is 2.88. The summed E-state index contributed by atoms with van der Waals surface area (Å²) in [5, 5.41) is 0. The number of carbonyl (C=O) groups is 1. The van der Waals surface area contributed by atoms with E-state index in [0.29, 0.717) is 17.1 Å². The molecule has 0 fully saturated rings. The van der Waals surface area contributed by atoms with E-state index in [2.05, 4.69) is 22.0 Å². The second kappa shape index (κ2) is 6.24. The highest BCUT2D eigenvalue weighted by molar-refractivity contribution is 9.10. The van der Waals surface area contributed by atoms with Crippen molar-refractivity contribution in [3.63, 3.8) is 0 Å². The average molecular weight is 376 g/mol. The molecule has 0 aromatic heterocycles. The highest BCUT2D eigenvalue weighted by Gasteiger charge is 2.34.